The summed E-state index contributed by atoms with van der Waals surface area (Å²) < 4.78 is 23.8. The fourth-order valence-electron chi connectivity index (χ4n) is 1.08. The summed E-state index contributed by atoms with van der Waals surface area (Å²) in [6.45, 7) is 1.45. The predicted molar refractivity (Wildman–Crippen MR) is 57.3 cm³/mol. The van der Waals surface area contributed by atoms with Gasteiger partial charge in [-0.05, 0) is 6.92 Å². The molecular weight excluding hydrogens is 236 g/mol. The van der Waals surface area contributed by atoms with Gasteiger partial charge in [0, 0.05) is 13.6 Å². The molecule has 0 spiro atoms. The van der Waals surface area contributed by atoms with Crippen LogP contribution in [0.4, 0.5) is 0 Å². The zero-order valence-corrected chi connectivity index (χ0v) is 10.2. The summed E-state index contributed by atoms with van der Waals surface area (Å²) in [5.74, 6) is -1.48. The zero-order chi connectivity index (χ0) is 12.9. The zero-order valence-electron chi connectivity index (χ0n) is 9.43. The van der Waals surface area contributed by atoms with E-state index in [4.69, 9.17) is 5.11 Å². The van der Waals surface area contributed by atoms with Crippen molar-refractivity contribution >= 4 is 21.9 Å². The van der Waals surface area contributed by atoms with Crippen molar-refractivity contribution in [2.75, 3.05) is 19.8 Å². The van der Waals surface area contributed by atoms with Crippen LogP contribution in [0.1, 0.15) is 13.3 Å². The molecule has 1 unspecified atom stereocenters. The molecule has 0 rings (SSSR count). The van der Waals surface area contributed by atoms with Crippen molar-refractivity contribution in [2.45, 2.75) is 19.4 Å². The Hall–Kier alpha value is -1.15. The molecule has 0 aromatic rings. The minimum atomic E-state index is -3.45. The number of nitrogens with zero attached hydrogens (tertiary/aromatic N) is 1. The van der Waals surface area contributed by atoms with Crippen molar-refractivity contribution in [1.29, 1.82) is 0 Å². The molecular formula is C8H16N2O5S. The first-order chi connectivity index (χ1) is 7.13. The minimum Gasteiger partial charge on any atom is -0.481 e. The first-order valence-corrected chi connectivity index (χ1v) is 6.46. The van der Waals surface area contributed by atoms with Gasteiger partial charge in [0.25, 0.3) is 0 Å². The number of sulfonamides is 1. The summed E-state index contributed by atoms with van der Waals surface area (Å²) in [5, 5.41) is 8.42. The second-order valence-corrected chi connectivity index (χ2v) is 5.30. The third-order valence-electron chi connectivity index (χ3n) is 1.80. The molecule has 0 heterocycles. The van der Waals surface area contributed by atoms with E-state index in [1.807, 2.05) is 0 Å². The lowest BCUT2D eigenvalue weighted by molar-refractivity contribution is -0.138. The standard InChI is InChI=1S/C8H16N2O5S/c1-6(9-16(3,14)15)8(13)10(2)5-4-7(11)12/h6,9H,4-5H2,1-3H3,(H,11,12). The first kappa shape index (κ1) is 14.8. The highest BCUT2D eigenvalue weighted by Gasteiger charge is 2.20. The van der Waals surface area contributed by atoms with Crippen molar-refractivity contribution in [3.05, 3.63) is 0 Å². The van der Waals surface area contributed by atoms with Crippen LogP contribution >= 0.6 is 0 Å². The highest BCUT2D eigenvalue weighted by Crippen LogP contribution is 1.95. The molecule has 0 saturated carbocycles. The van der Waals surface area contributed by atoms with Gasteiger partial charge in [-0.2, -0.15) is 0 Å². The van der Waals surface area contributed by atoms with Crippen LogP contribution in [-0.2, 0) is 19.6 Å². The number of hydrogen-bond acceptors (Lipinski definition) is 4. The molecule has 0 bridgehead atoms. The number of nitrogens with one attached hydrogen (secondary N) is 1. The number of carboxylic acid groups (broad SMARTS) is 1. The van der Waals surface area contributed by atoms with Gasteiger partial charge in [-0.3, -0.25) is 9.59 Å². The van der Waals surface area contributed by atoms with E-state index in [-0.39, 0.29) is 13.0 Å². The number of hydrogen-bond donors (Lipinski definition) is 2. The highest BCUT2D eigenvalue weighted by molar-refractivity contribution is 7.88. The molecule has 0 aliphatic carbocycles. The summed E-state index contributed by atoms with van der Waals surface area (Å²) in [6, 6.07) is -0.895. The van der Waals surface area contributed by atoms with Gasteiger partial charge >= 0.3 is 5.97 Å². The maximum Gasteiger partial charge on any atom is 0.305 e. The third-order valence-corrected chi connectivity index (χ3v) is 2.58. The monoisotopic (exact) mass is 252 g/mol. The fraction of sp³-hybridized carbons (Fsp3) is 0.750. The molecule has 0 fully saturated rings. The van der Waals surface area contributed by atoms with E-state index in [1.54, 1.807) is 0 Å². The van der Waals surface area contributed by atoms with Crippen LogP contribution in [0.3, 0.4) is 0 Å². The summed E-state index contributed by atoms with van der Waals surface area (Å²) in [4.78, 5) is 23.0. The minimum absolute atomic E-state index is 0.0456. The SMILES string of the molecule is CC(NS(C)(=O)=O)C(=O)N(C)CCC(=O)O. The second kappa shape index (κ2) is 5.80. The Kier molecular flexibility index (Phi) is 5.39. The number of likely N-dealkylation sites (N-methyl/N-ethyl adjacent to an activating group) is 1. The van der Waals surface area contributed by atoms with E-state index in [9.17, 15) is 18.0 Å². The summed E-state index contributed by atoms with van der Waals surface area (Å²) >= 11 is 0. The van der Waals surface area contributed by atoms with Gasteiger partial charge in [0.2, 0.25) is 15.9 Å². The van der Waals surface area contributed by atoms with Gasteiger partial charge in [-0.15, -0.1) is 0 Å². The first-order valence-electron chi connectivity index (χ1n) is 4.57. The third kappa shape index (κ3) is 6.36. The number of carboxylic acids is 1. The summed E-state index contributed by atoms with van der Waals surface area (Å²) in [5.41, 5.74) is 0. The molecule has 1 amide bonds. The number of carbonyl (C=O) groups excluding carboxylic acids is 1. The van der Waals surface area contributed by atoms with E-state index in [1.165, 1.54) is 18.9 Å². The number of carbonyl (C=O) groups is 2. The maximum atomic E-state index is 11.5. The van der Waals surface area contributed by atoms with Gasteiger partial charge in [0.1, 0.15) is 0 Å². The average molecular weight is 252 g/mol. The largest absolute Gasteiger partial charge is 0.481 e. The van der Waals surface area contributed by atoms with Crippen molar-refractivity contribution in [1.82, 2.24) is 9.62 Å². The van der Waals surface area contributed by atoms with Gasteiger partial charge in [-0.1, -0.05) is 0 Å². The van der Waals surface area contributed by atoms with Crippen LogP contribution in [0, 0.1) is 0 Å². The van der Waals surface area contributed by atoms with E-state index >= 15 is 0 Å². The van der Waals surface area contributed by atoms with E-state index in [0.29, 0.717) is 0 Å². The molecule has 0 radical (unpaired) electrons. The predicted octanol–water partition coefficient (Wildman–Crippen LogP) is -1.14. The van der Waals surface area contributed by atoms with Crippen molar-refractivity contribution in [3.63, 3.8) is 0 Å². The van der Waals surface area contributed by atoms with Crippen LogP contribution in [0.25, 0.3) is 0 Å². The lowest BCUT2D eigenvalue weighted by Crippen LogP contribution is -2.45. The molecule has 7 nitrogen and oxygen atoms in total. The lowest BCUT2D eigenvalue weighted by atomic mass is 10.3. The number of amides is 1. The van der Waals surface area contributed by atoms with E-state index < -0.39 is 27.9 Å². The topological polar surface area (TPSA) is 104 Å². The van der Waals surface area contributed by atoms with Crippen LogP contribution < -0.4 is 4.72 Å². The molecule has 0 aliphatic rings. The number of rotatable bonds is 6. The smallest absolute Gasteiger partial charge is 0.305 e. The molecule has 16 heavy (non-hydrogen) atoms. The van der Waals surface area contributed by atoms with Gasteiger partial charge in [-0.25, -0.2) is 13.1 Å². The van der Waals surface area contributed by atoms with Crippen LogP contribution in [0.2, 0.25) is 0 Å². The normalized spacial score (nSPS) is 13.2. The fourth-order valence-corrected chi connectivity index (χ4v) is 1.82. The van der Waals surface area contributed by atoms with Crippen molar-refractivity contribution in [2.24, 2.45) is 0 Å². The molecule has 0 saturated heterocycles. The Morgan fingerprint density at radius 1 is 1.44 bits per heavy atom. The molecule has 0 aromatic carbocycles. The molecule has 8 heteroatoms. The average Bonchev–Trinajstić information content (AvgIpc) is 2.10. The van der Waals surface area contributed by atoms with E-state index in [2.05, 4.69) is 4.72 Å². The Morgan fingerprint density at radius 3 is 2.31 bits per heavy atom. The van der Waals surface area contributed by atoms with E-state index in [0.717, 1.165) is 6.26 Å². The second-order valence-electron chi connectivity index (χ2n) is 3.52. The molecule has 0 aromatic heterocycles. The Balaban J connectivity index is 4.27. The quantitative estimate of drug-likeness (QED) is 0.621. The van der Waals surface area contributed by atoms with Gasteiger partial charge in [0.05, 0.1) is 18.7 Å². The molecule has 94 valence electrons. The Morgan fingerprint density at radius 2 is 1.94 bits per heavy atom. The van der Waals surface area contributed by atoms with Gasteiger partial charge in [0.15, 0.2) is 0 Å². The molecule has 0 aliphatic heterocycles. The lowest BCUT2D eigenvalue weighted by Gasteiger charge is -2.20. The van der Waals surface area contributed by atoms with Gasteiger partial charge < -0.3 is 10.0 Å². The van der Waals surface area contributed by atoms with Crippen molar-refractivity contribution in [3.8, 4) is 0 Å². The number of aliphatic carboxylic acids is 1. The van der Waals surface area contributed by atoms with Crippen molar-refractivity contribution < 1.29 is 23.1 Å². The van der Waals surface area contributed by atoms with Crippen LogP contribution in [-0.4, -0.2) is 56.2 Å². The maximum absolute atomic E-state index is 11.5. The molecule has 2 N–H and O–H groups in total. The summed E-state index contributed by atoms with van der Waals surface area (Å²) in [6.07, 6.45) is 0.780. The Bertz CT molecular complexity index is 365. The summed E-state index contributed by atoms with van der Waals surface area (Å²) in [7, 11) is -2.02. The highest BCUT2D eigenvalue weighted by atomic mass is 32.2. The molecule has 1 atom stereocenters. The Labute approximate surface area is 94.5 Å². The van der Waals surface area contributed by atoms with Crippen LogP contribution in [0.5, 0.6) is 0 Å². The van der Waals surface area contributed by atoms with Crippen LogP contribution in [0.15, 0.2) is 0 Å².